The number of piperidine rings is 1. The van der Waals surface area contributed by atoms with E-state index in [1.54, 1.807) is 0 Å². The van der Waals surface area contributed by atoms with Crippen molar-refractivity contribution >= 4 is 11.8 Å². The van der Waals surface area contributed by atoms with E-state index in [4.69, 9.17) is 5.73 Å². The van der Waals surface area contributed by atoms with Gasteiger partial charge in [-0.2, -0.15) is 0 Å². The van der Waals surface area contributed by atoms with Crippen LogP contribution in [0.25, 0.3) is 0 Å². The van der Waals surface area contributed by atoms with E-state index >= 15 is 0 Å². The fourth-order valence-electron chi connectivity index (χ4n) is 2.60. The average Bonchev–Trinajstić information content (AvgIpc) is 2.33. The number of nitrogens with two attached hydrogens (primary N) is 1. The zero-order valence-electron chi connectivity index (χ0n) is 10.1. The second kappa shape index (κ2) is 5.49. The Labute approximate surface area is 102 Å². The zero-order valence-corrected chi connectivity index (χ0v) is 10.1. The molecule has 2 rings (SSSR count). The summed E-state index contributed by atoms with van der Waals surface area (Å²) in [4.78, 5) is 23.0. The summed E-state index contributed by atoms with van der Waals surface area (Å²) in [7, 11) is 0. The van der Waals surface area contributed by atoms with Crippen LogP contribution in [-0.4, -0.2) is 30.4 Å². The van der Waals surface area contributed by atoms with Crippen LogP contribution in [0.15, 0.2) is 0 Å². The summed E-state index contributed by atoms with van der Waals surface area (Å²) in [5.41, 5.74) is 5.99. The predicted octanol–water partition coefficient (Wildman–Crippen LogP) is -0.101. The number of rotatable bonds is 2. The molecule has 2 fully saturated rings. The summed E-state index contributed by atoms with van der Waals surface area (Å²) in [6.07, 6.45) is 5.37. The highest BCUT2D eigenvalue weighted by Crippen LogP contribution is 2.18. The number of nitrogens with one attached hydrogen (secondary N) is 2. The molecule has 96 valence electrons. The molecule has 0 radical (unpaired) electrons. The van der Waals surface area contributed by atoms with Gasteiger partial charge in [0.2, 0.25) is 11.8 Å². The van der Waals surface area contributed by atoms with Crippen molar-refractivity contribution in [2.45, 2.75) is 50.6 Å². The lowest BCUT2D eigenvalue weighted by Gasteiger charge is -2.31. The van der Waals surface area contributed by atoms with Gasteiger partial charge in [-0.05, 0) is 19.3 Å². The van der Waals surface area contributed by atoms with Gasteiger partial charge in [0.05, 0.1) is 5.92 Å². The average molecular weight is 239 g/mol. The number of hydrogen-bond donors (Lipinski definition) is 3. The Bertz CT molecular complexity index is 296. The molecule has 2 amide bonds. The van der Waals surface area contributed by atoms with Gasteiger partial charge in [0.15, 0.2) is 0 Å². The van der Waals surface area contributed by atoms with E-state index in [0.717, 1.165) is 25.7 Å². The first kappa shape index (κ1) is 12.4. The standard InChI is InChI=1S/C12H21N3O2/c13-9-3-1-2-4-10(9)15-12(17)8-5-6-11(16)14-7-8/h8-10H,1-7,13H2,(H,14,16)(H,15,17)/t8?,9-,10-/m1/s1. The molecule has 1 saturated carbocycles. The van der Waals surface area contributed by atoms with E-state index in [2.05, 4.69) is 10.6 Å². The summed E-state index contributed by atoms with van der Waals surface area (Å²) >= 11 is 0. The summed E-state index contributed by atoms with van der Waals surface area (Å²) in [5, 5.41) is 5.77. The van der Waals surface area contributed by atoms with Gasteiger partial charge in [-0.15, -0.1) is 0 Å². The zero-order chi connectivity index (χ0) is 12.3. The van der Waals surface area contributed by atoms with Gasteiger partial charge in [0, 0.05) is 25.0 Å². The highest BCUT2D eigenvalue weighted by atomic mass is 16.2. The van der Waals surface area contributed by atoms with Crippen LogP contribution >= 0.6 is 0 Å². The minimum atomic E-state index is -0.0816. The molecule has 0 bridgehead atoms. The molecule has 3 atom stereocenters. The van der Waals surface area contributed by atoms with Crippen LogP contribution in [0.3, 0.4) is 0 Å². The molecule has 17 heavy (non-hydrogen) atoms. The summed E-state index contributed by atoms with van der Waals surface area (Å²) < 4.78 is 0. The molecule has 2 aliphatic rings. The molecule has 1 saturated heterocycles. The molecule has 0 aromatic carbocycles. The Kier molecular flexibility index (Phi) is 3.99. The summed E-state index contributed by atoms with van der Waals surface area (Å²) in [6, 6.07) is 0.208. The molecule has 0 aromatic rings. The molecule has 5 heteroatoms. The normalized spacial score (nSPS) is 33.9. The van der Waals surface area contributed by atoms with Crippen molar-refractivity contribution in [3.05, 3.63) is 0 Å². The van der Waals surface area contributed by atoms with E-state index in [1.807, 2.05) is 0 Å². The summed E-state index contributed by atoms with van der Waals surface area (Å²) in [5.74, 6) is 0.0117. The number of carbonyl (C=O) groups is 2. The van der Waals surface area contributed by atoms with E-state index in [-0.39, 0.29) is 29.8 Å². The Morgan fingerprint density at radius 3 is 2.71 bits per heavy atom. The maximum atomic E-state index is 12.0. The number of amides is 2. The molecule has 5 nitrogen and oxygen atoms in total. The van der Waals surface area contributed by atoms with Gasteiger partial charge in [-0.1, -0.05) is 12.8 Å². The molecule has 4 N–H and O–H groups in total. The fraction of sp³-hybridized carbons (Fsp3) is 0.833. The van der Waals surface area contributed by atoms with Crippen LogP contribution in [0.4, 0.5) is 0 Å². The van der Waals surface area contributed by atoms with E-state index in [9.17, 15) is 9.59 Å². The first-order valence-electron chi connectivity index (χ1n) is 6.49. The third-order valence-corrected chi connectivity index (χ3v) is 3.78. The van der Waals surface area contributed by atoms with Crippen molar-refractivity contribution in [1.29, 1.82) is 0 Å². The van der Waals surface area contributed by atoms with E-state index in [0.29, 0.717) is 19.4 Å². The van der Waals surface area contributed by atoms with Gasteiger partial charge < -0.3 is 16.4 Å². The van der Waals surface area contributed by atoms with Gasteiger partial charge in [0.25, 0.3) is 0 Å². The lowest BCUT2D eigenvalue weighted by atomic mass is 9.90. The van der Waals surface area contributed by atoms with Crippen molar-refractivity contribution in [1.82, 2.24) is 10.6 Å². The van der Waals surface area contributed by atoms with Crippen LogP contribution in [0.2, 0.25) is 0 Å². The van der Waals surface area contributed by atoms with Crippen molar-refractivity contribution in [2.24, 2.45) is 11.7 Å². The fourth-order valence-corrected chi connectivity index (χ4v) is 2.60. The van der Waals surface area contributed by atoms with Gasteiger partial charge in [0.1, 0.15) is 0 Å². The van der Waals surface area contributed by atoms with Crippen molar-refractivity contribution < 1.29 is 9.59 Å². The molecule has 0 aromatic heterocycles. The molecule has 1 aliphatic carbocycles. The van der Waals surface area contributed by atoms with Crippen LogP contribution in [0, 0.1) is 5.92 Å². The largest absolute Gasteiger partial charge is 0.355 e. The Morgan fingerprint density at radius 1 is 1.29 bits per heavy atom. The van der Waals surface area contributed by atoms with E-state index < -0.39 is 0 Å². The Balaban J connectivity index is 1.81. The lowest BCUT2D eigenvalue weighted by molar-refractivity contribution is -0.129. The SMILES string of the molecule is N[C@@H]1CCCC[C@H]1NC(=O)C1CCC(=O)NC1. The third kappa shape index (κ3) is 3.19. The molecule has 1 aliphatic heterocycles. The molecule has 1 heterocycles. The van der Waals surface area contributed by atoms with Gasteiger partial charge >= 0.3 is 0 Å². The number of carbonyl (C=O) groups excluding carboxylic acids is 2. The number of hydrogen-bond acceptors (Lipinski definition) is 3. The maximum absolute atomic E-state index is 12.0. The molecule has 0 spiro atoms. The van der Waals surface area contributed by atoms with E-state index in [1.165, 1.54) is 0 Å². The lowest BCUT2D eigenvalue weighted by Crippen LogP contribution is -2.52. The molecule has 1 unspecified atom stereocenters. The van der Waals surface area contributed by atoms with Crippen LogP contribution in [-0.2, 0) is 9.59 Å². The van der Waals surface area contributed by atoms with Crippen molar-refractivity contribution in [3.63, 3.8) is 0 Å². The molecular formula is C12H21N3O2. The van der Waals surface area contributed by atoms with Gasteiger partial charge in [-0.3, -0.25) is 9.59 Å². The minimum Gasteiger partial charge on any atom is -0.355 e. The first-order valence-corrected chi connectivity index (χ1v) is 6.49. The van der Waals surface area contributed by atoms with Crippen LogP contribution in [0.5, 0.6) is 0 Å². The molecular weight excluding hydrogens is 218 g/mol. The topological polar surface area (TPSA) is 84.2 Å². The van der Waals surface area contributed by atoms with Crippen LogP contribution < -0.4 is 16.4 Å². The monoisotopic (exact) mass is 239 g/mol. The quantitative estimate of drug-likeness (QED) is 0.629. The highest BCUT2D eigenvalue weighted by Gasteiger charge is 2.28. The third-order valence-electron chi connectivity index (χ3n) is 3.78. The highest BCUT2D eigenvalue weighted by molar-refractivity contribution is 5.83. The minimum absolute atomic E-state index is 0.0448. The maximum Gasteiger partial charge on any atom is 0.225 e. The smallest absolute Gasteiger partial charge is 0.225 e. The first-order chi connectivity index (χ1) is 8.16. The Hall–Kier alpha value is -1.10. The Morgan fingerprint density at radius 2 is 2.06 bits per heavy atom. The van der Waals surface area contributed by atoms with Crippen LogP contribution in [0.1, 0.15) is 38.5 Å². The van der Waals surface area contributed by atoms with Gasteiger partial charge in [-0.25, -0.2) is 0 Å². The van der Waals surface area contributed by atoms with Crippen molar-refractivity contribution in [3.8, 4) is 0 Å². The van der Waals surface area contributed by atoms with Crippen molar-refractivity contribution in [2.75, 3.05) is 6.54 Å². The summed E-state index contributed by atoms with van der Waals surface area (Å²) in [6.45, 7) is 0.465. The predicted molar refractivity (Wildman–Crippen MR) is 64.1 cm³/mol. The second-order valence-corrected chi connectivity index (χ2v) is 5.10. The second-order valence-electron chi connectivity index (χ2n) is 5.10.